The van der Waals surface area contributed by atoms with Crippen LogP contribution in [0.15, 0.2) is 180 Å². The number of hydrogen-bond acceptors (Lipinski definition) is 4. The Morgan fingerprint density at radius 1 is 0.649 bits per heavy atom. The summed E-state index contributed by atoms with van der Waals surface area (Å²) in [5, 5.41) is 2.86. The molecule has 0 N–H and O–H groups in total. The van der Waals surface area contributed by atoms with E-state index >= 15 is 0 Å². The first kappa shape index (κ1) is 28.2. The Hall–Kier alpha value is -6.24. The predicted octanol–water partition coefficient (Wildman–Crippen LogP) is 12.2. The van der Waals surface area contributed by atoms with Gasteiger partial charge in [-0.3, -0.25) is 4.98 Å². The van der Waals surface area contributed by atoms with Gasteiger partial charge in [-0.1, -0.05) is 134 Å². The van der Waals surface area contributed by atoms with Crippen molar-refractivity contribution in [2.24, 2.45) is 0 Å². The van der Waals surface area contributed by atoms with Crippen LogP contribution in [-0.2, 0) is 20.1 Å². The molecule has 4 heterocycles. The van der Waals surface area contributed by atoms with Gasteiger partial charge in [-0.25, -0.2) is 4.98 Å². The molecule has 4 aromatic heterocycles. The number of aromatic nitrogens is 4. The number of fused-ring (bicyclic) bond motifs is 4. The van der Waals surface area contributed by atoms with E-state index in [4.69, 9.17) is 26.7 Å². The standard InChI is InChI=1S/C36H22N3O.C14H16NSi.Ir/c1-3-12-24(13-4-1)26-16-7-9-20-32(26)39-33-21-10-8-19-31(33)37-35(39)29-18-11-17-27-28-22-23-30(25-14-5-2-6-15-25)38-36(28)40-34(27)29;1-16(2,3)13-9-10-14(15-11-13)12-7-5-4-6-8-12;/h1-17,19-23H;4-7,9-11H,1-3H3;/q2*-1;/i1D,3D,4D,7D,9D,12D,13D,16D,20D;;. The van der Waals surface area contributed by atoms with Gasteiger partial charge in [-0.05, 0) is 46.8 Å². The molecule has 0 unspecified atom stereocenters. The van der Waals surface area contributed by atoms with Crippen LogP contribution in [-0.4, -0.2) is 27.6 Å². The van der Waals surface area contributed by atoms with Crippen LogP contribution in [0.5, 0.6) is 0 Å². The molecule has 0 fully saturated rings. The largest absolute Gasteiger partial charge is 0.486 e. The number of hydrogen-bond donors (Lipinski definition) is 0. The third kappa shape index (κ3) is 7.53. The average molecular weight is 940 g/mol. The molecule has 0 spiro atoms. The van der Waals surface area contributed by atoms with Crippen LogP contribution < -0.4 is 5.19 Å². The Morgan fingerprint density at radius 3 is 2.18 bits per heavy atom. The van der Waals surface area contributed by atoms with Crippen LogP contribution >= 0.6 is 0 Å². The minimum Gasteiger partial charge on any atom is -0.486 e. The van der Waals surface area contributed by atoms with Gasteiger partial charge in [-0.2, -0.15) is 0 Å². The molecule has 1 radical (unpaired) electrons. The van der Waals surface area contributed by atoms with Crippen molar-refractivity contribution >= 4 is 46.4 Å². The zero-order valence-corrected chi connectivity index (χ0v) is 34.5. The summed E-state index contributed by atoms with van der Waals surface area (Å²) in [7, 11) is -1.23. The molecule has 0 aliphatic rings. The summed E-state index contributed by atoms with van der Waals surface area (Å²) < 4.78 is 85.5. The monoisotopic (exact) mass is 940 g/mol. The molecule has 0 saturated carbocycles. The number of pyridine rings is 2. The predicted molar refractivity (Wildman–Crippen MR) is 233 cm³/mol. The molecule has 7 heteroatoms. The maximum Gasteiger partial charge on any atom is 0.216 e. The van der Waals surface area contributed by atoms with E-state index in [1.54, 1.807) is 30.3 Å². The van der Waals surface area contributed by atoms with Crippen LogP contribution in [0.1, 0.15) is 12.3 Å². The van der Waals surface area contributed by atoms with Crippen molar-refractivity contribution in [2.45, 2.75) is 19.6 Å². The Balaban J connectivity index is 0.000000295. The van der Waals surface area contributed by atoms with Crippen molar-refractivity contribution in [3.05, 3.63) is 188 Å². The second-order valence-corrected chi connectivity index (χ2v) is 19.1. The SMILES string of the molecule is C[Si](C)(C)c1ccc(-c2[c-]cccc2)nc1.[2H]c1c([2H])c([2H])c(-c2c([2H])c([2H])c([2H])c([2H])c2-n2c(-c3[c-]ccc4c3oc3nc(-c5ccccc5)ccc34)nc3ccccc32)c([2H])c1[2H].[Ir]. The first-order valence-corrected chi connectivity index (χ1v) is 21.5. The summed E-state index contributed by atoms with van der Waals surface area (Å²) in [6.45, 7) is 7.00. The summed E-state index contributed by atoms with van der Waals surface area (Å²) in [4.78, 5) is 14.2. The minimum atomic E-state index is -1.23. The van der Waals surface area contributed by atoms with E-state index in [1.807, 2.05) is 79.0 Å². The second-order valence-electron chi connectivity index (χ2n) is 14.1. The number of imidazole rings is 1. The van der Waals surface area contributed by atoms with Gasteiger partial charge in [0.2, 0.25) is 5.71 Å². The van der Waals surface area contributed by atoms with Gasteiger partial charge in [0, 0.05) is 48.5 Å². The third-order valence-electron chi connectivity index (χ3n) is 9.41. The molecule has 57 heavy (non-hydrogen) atoms. The van der Waals surface area contributed by atoms with E-state index in [0.29, 0.717) is 33.6 Å². The van der Waals surface area contributed by atoms with Gasteiger partial charge in [0.15, 0.2) is 0 Å². The Bertz CT molecular complexity index is 3440. The van der Waals surface area contributed by atoms with E-state index in [0.717, 1.165) is 27.6 Å². The molecule has 6 aromatic carbocycles. The second kappa shape index (κ2) is 16.1. The van der Waals surface area contributed by atoms with Gasteiger partial charge < -0.3 is 14.0 Å². The van der Waals surface area contributed by atoms with Crippen LogP contribution in [0.4, 0.5) is 0 Å². The Morgan fingerprint density at radius 2 is 1.40 bits per heavy atom. The maximum absolute atomic E-state index is 9.14. The van der Waals surface area contributed by atoms with E-state index in [1.165, 1.54) is 9.75 Å². The summed E-state index contributed by atoms with van der Waals surface area (Å²) in [6, 6.07) is 37.4. The number of nitrogens with zero attached hydrogens (tertiary/aromatic N) is 4. The summed E-state index contributed by atoms with van der Waals surface area (Å²) >= 11 is 0. The third-order valence-corrected chi connectivity index (χ3v) is 11.4. The molecule has 0 aliphatic carbocycles. The number of para-hydroxylation sites is 3. The summed E-state index contributed by atoms with van der Waals surface area (Å²) in [5.41, 5.74) is 4.98. The van der Waals surface area contributed by atoms with E-state index in [-0.39, 0.29) is 42.7 Å². The van der Waals surface area contributed by atoms with Crippen molar-refractivity contribution in [1.82, 2.24) is 19.5 Å². The molecule has 0 aliphatic heterocycles. The molecular weight excluding hydrogens is 893 g/mol. The quantitative estimate of drug-likeness (QED) is 0.123. The van der Waals surface area contributed by atoms with Crippen molar-refractivity contribution in [3.8, 4) is 50.7 Å². The Labute approximate surface area is 359 Å². The smallest absolute Gasteiger partial charge is 0.216 e. The minimum absolute atomic E-state index is 0. The van der Waals surface area contributed by atoms with Gasteiger partial charge in [0.05, 0.1) is 48.5 Å². The van der Waals surface area contributed by atoms with Crippen molar-refractivity contribution < 1.29 is 36.9 Å². The van der Waals surface area contributed by atoms with Gasteiger partial charge in [-0.15, -0.1) is 54.1 Å². The number of furan rings is 1. The zero-order chi connectivity index (χ0) is 45.9. The number of rotatable bonds is 6. The topological polar surface area (TPSA) is 56.7 Å². The van der Waals surface area contributed by atoms with Crippen LogP contribution in [0.25, 0.3) is 83.8 Å². The molecule has 0 atom stereocenters. The van der Waals surface area contributed by atoms with Crippen molar-refractivity contribution in [1.29, 1.82) is 0 Å². The first-order chi connectivity index (χ1) is 31.1. The van der Waals surface area contributed by atoms with E-state index in [2.05, 4.69) is 48.9 Å². The van der Waals surface area contributed by atoms with Crippen molar-refractivity contribution in [3.63, 3.8) is 0 Å². The molecule has 10 rings (SSSR count). The molecular formula is C50H38IrN4OSi-2. The van der Waals surface area contributed by atoms with Crippen LogP contribution in [0, 0.1) is 12.1 Å². The fourth-order valence-electron chi connectivity index (χ4n) is 6.56. The maximum atomic E-state index is 9.14. The molecule has 0 bridgehead atoms. The normalized spacial score (nSPS) is 13.5. The Kier molecular flexibility index (Phi) is 7.96. The van der Waals surface area contributed by atoms with Crippen LogP contribution in [0.2, 0.25) is 19.6 Å². The zero-order valence-electron chi connectivity index (χ0n) is 40.1. The summed E-state index contributed by atoms with van der Waals surface area (Å²) in [5.74, 6) is 0.202. The summed E-state index contributed by atoms with van der Waals surface area (Å²) in [6.07, 6.45) is 2.02. The van der Waals surface area contributed by atoms with E-state index in [9.17, 15) is 0 Å². The van der Waals surface area contributed by atoms with Crippen molar-refractivity contribution in [2.75, 3.05) is 0 Å². The number of benzene rings is 6. The molecule has 5 nitrogen and oxygen atoms in total. The molecule has 279 valence electrons. The average Bonchev–Trinajstić information content (AvgIpc) is 3.90. The first-order valence-electron chi connectivity index (χ1n) is 22.5. The fraction of sp³-hybridized carbons (Fsp3) is 0.0600. The fourth-order valence-corrected chi connectivity index (χ4v) is 7.59. The molecule has 0 saturated heterocycles. The van der Waals surface area contributed by atoms with Crippen LogP contribution in [0.3, 0.4) is 0 Å². The van der Waals surface area contributed by atoms with Gasteiger partial charge >= 0.3 is 0 Å². The van der Waals surface area contributed by atoms with Gasteiger partial charge in [0.25, 0.3) is 0 Å². The molecule has 10 aromatic rings. The molecule has 0 amide bonds. The van der Waals surface area contributed by atoms with Gasteiger partial charge in [0.1, 0.15) is 0 Å². The van der Waals surface area contributed by atoms with E-state index < -0.39 is 62.5 Å².